The summed E-state index contributed by atoms with van der Waals surface area (Å²) >= 11 is 0. The summed E-state index contributed by atoms with van der Waals surface area (Å²) in [5.74, 6) is 1.71. The van der Waals surface area contributed by atoms with Crippen LogP contribution in [0.25, 0.3) is 11.8 Å². The van der Waals surface area contributed by atoms with Crippen molar-refractivity contribution in [1.82, 2.24) is 0 Å². The second-order valence-corrected chi connectivity index (χ2v) is 5.26. The molecule has 2 aromatic rings. The molecule has 21 heavy (non-hydrogen) atoms. The van der Waals surface area contributed by atoms with Crippen LogP contribution in [0.1, 0.15) is 28.2 Å². The number of furan rings is 1. The van der Waals surface area contributed by atoms with E-state index >= 15 is 0 Å². The molecule has 0 atom stereocenters. The summed E-state index contributed by atoms with van der Waals surface area (Å²) in [6, 6.07) is 9.78. The van der Waals surface area contributed by atoms with Crippen molar-refractivity contribution in [3.05, 3.63) is 70.2 Å². The first-order valence-electron chi connectivity index (χ1n) is 6.82. The molecule has 1 aromatic carbocycles. The SMILES string of the molecule is Cc1ccc(C)c(C2=C/C(=C\c3ccc(C)o3)C(=O)O2)c1. The van der Waals surface area contributed by atoms with Crippen molar-refractivity contribution < 1.29 is 13.9 Å². The zero-order valence-electron chi connectivity index (χ0n) is 12.3. The third kappa shape index (κ3) is 2.68. The van der Waals surface area contributed by atoms with E-state index in [1.807, 2.05) is 51.1 Å². The molecule has 1 aromatic heterocycles. The highest BCUT2D eigenvalue weighted by Gasteiger charge is 2.23. The molecule has 0 bridgehead atoms. The molecule has 0 fully saturated rings. The van der Waals surface area contributed by atoms with Gasteiger partial charge in [0.15, 0.2) is 0 Å². The molecule has 0 amide bonds. The zero-order valence-corrected chi connectivity index (χ0v) is 12.3. The number of hydrogen-bond donors (Lipinski definition) is 0. The molecule has 0 radical (unpaired) electrons. The van der Waals surface area contributed by atoms with E-state index in [4.69, 9.17) is 9.15 Å². The quantitative estimate of drug-likeness (QED) is 0.611. The lowest BCUT2D eigenvalue weighted by atomic mass is 10.0. The van der Waals surface area contributed by atoms with E-state index < -0.39 is 0 Å². The first-order valence-corrected chi connectivity index (χ1v) is 6.82. The molecule has 3 rings (SSSR count). The molecule has 2 heterocycles. The fourth-order valence-electron chi connectivity index (χ4n) is 2.31. The monoisotopic (exact) mass is 280 g/mol. The van der Waals surface area contributed by atoms with Crippen LogP contribution in [0.3, 0.4) is 0 Å². The van der Waals surface area contributed by atoms with Crippen molar-refractivity contribution in [1.29, 1.82) is 0 Å². The minimum atomic E-state index is -0.347. The highest BCUT2D eigenvalue weighted by atomic mass is 16.5. The first-order chi connectivity index (χ1) is 10.0. The van der Waals surface area contributed by atoms with Gasteiger partial charge in [-0.2, -0.15) is 0 Å². The summed E-state index contributed by atoms with van der Waals surface area (Å²) in [4.78, 5) is 12.0. The summed E-state index contributed by atoms with van der Waals surface area (Å²) in [5, 5.41) is 0. The Morgan fingerprint density at radius 1 is 1.05 bits per heavy atom. The number of ether oxygens (including phenoxy) is 1. The van der Waals surface area contributed by atoms with Crippen LogP contribution in [0.15, 0.2) is 46.4 Å². The molecule has 0 saturated carbocycles. The number of rotatable bonds is 2. The van der Waals surface area contributed by atoms with Crippen LogP contribution in [-0.4, -0.2) is 5.97 Å². The van der Waals surface area contributed by atoms with Crippen LogP contribution in [0.5, 0.6) is 0 Å². The maximum Gasteiger partial charge on any atom is 0.343 e. The van der Waals surface area contributed by atoms with Gasteiger partial charge in [0, 0.05) is 5.56 Å². The summed E-state index contributed by atoms with van der Waals surface area (Å²) in [6.07, 6.45) is 3.47. The third-order valence-electron chi connectivity index (χ3n) is 3.44. The van der Waals surface area contributed by atoms with E-state index in [1.165, 1.54) is 0 Å². The van der Waals surface area contributed by atoms with E-state index in [1.54, 1.807) is 12.2 Å². The van der Waals surface area contributed by atoms with E-state index in [-0.39, 0.29) is 5.97 Å². The fraction of sp³-hybridized carbons (Fsp3) is 0.167. The van der Waals surface area contributed by atoms with Crippen molar-refractivity contribution in [2.24, 2.45) is 0 Å². The minimum absolute atomic E-state index is 0.347. The Morgan fingerprint density at radius 2 is 1.86 bits per heavy atom. The lowest BCUT2D eigenvalue weighted by molar-refractivity contribution is -0.130. The standard InChI is InChI=1S/C18H16O3/c1-11-4-5-12(2)16(8-11)17-10-14(18(19)21-17)9-15-7-6-13(3)20-15/h4-10H,1-3H3/b14-9+. The Balaban J connectivity index is 1.99. The molecular formula is C18H16O3. The van der Waals surface area contributed by atoms with Gasteiger partial charge in [-0.05, 0) is 56.7 Å². The number of hydrogen-bond acceptors (Lipinski definition) is 3. The molecule has 3 nitrogen and oxygen atoms in total. The summed E-state index contributed by atoms with van der Waals surface area (Å²) in [5.41, 5.74) is 3.66. The van der Waals surface area contributed by atoms with Crippen LogP contribution in [-0.2, 0) is 9.53 Å². The predicted octanol–water partition coefficient (Wildman–Crippen LogP) is 4.19. The van der Waals surface area contributed by atoms with Gasteiger partial charge in [-0.1, -0.05) is 17.7 Å². The summed E-state index contributed by atoms with van der Waals surface area (Å²) < 4.78 is 10.9. The van der Waals surface area contributed by atoms with Crippen LogP contribution in [0.4, 0.5) is 0 Å². The molecule has 106 valence electrons. The summed E-state index contributed by atoms with van der Waals surface area (Å²) in [6.45, 7) is 5.88. The number of carbonyl (C=O) groups excluding carboxylic acids is 1. The van der Waals surface area contributed by atoms with E-state index in [2.05, 4.69) is 0 Å². The average molecular weight is 280 g/mol. The average Bonchev–Trinajstić information content (AvgIpc) is 3.00. The highest BCUT2D eigenvalue weighted by Crippen LogP contribution is 2.30. The zero-order chi connectivity index (χ0) is 15.0. The van der Waals surface area contributed by atoms with Crippen molar-refractivity contribution in [3.63, 3.8) is 0 Å². The lowest BCUT2D eigenvalue weighted by Crippen LogP contribution is -1.98. The Labute approximate surface area is 123 Å². The topological polar surface area (TPSA) is 39.4 Å². The van der Waals surface area contributed by atoms with Crippen molar-refractivity contribution in [2.45, 2.75) is 20.8 Å². The highest BCUT2D eigenvalue weighted by molar-refractivity contribution is 6.05. The van der Waals surface area contributed by atoms with E-state index in [0.717, 1.165) is 22.5 Å². The van der Waals surface area contributed by atoms with Crippen molar-refractivity contribution in [2.75, 3.05) is 0 Å². The normalized spacial score (nSPS) is 16.2. The number of benzene rings is 1. The number of aryl methyl sites for hydroxylation is 3. The smallest absolute Gasteiger partial charge is 0.343 e. The van der Waals surface area contributed by atoms with Gasteiger partial charge in [-0.3, -0.25) is 0 Å². The fourth-order valence-corrected chi connectivity index (χ4v) is 2.31. The van der Waals surface area contributed by atoms with Gasteiger partial charge in [0.05, 0.1) is 5.57 Å². The van der Waals surface area contributed by atoms with Gasteiger partial charge >= 0.3 is 5.97 Å². The second-order valence-electron chi connectivity index (χ2n) is 5.26. The van der Waals surface area contributed by atoms with Gasteiger partial charge < -0.3 is 9.15 Å². The number of carbonyl (C=O) groups is 1. The van der Waals surface area contributed by atoms with Crippen molar-refractivity contribution in [3.8, 4) is 0 Å². The second kappa shape index (κ2) is 5.09. The maximum absolute atomic E-state index is 12.0. The Hall–Kier alpha value is -2.55. The molecule has 1 aliphatic heterocycles. The van der Waals surface area contributed by atoms with Gasteiger partial charge in [-0.15, -0.1) is 0 Å². The Morgan fingerprint density at radius 3 is 2.57 bits per heavy atom. The van der Waals surface area contributed by atoms with Gasteiger partial charge in [0.2, 0.25) is 0 Å². The van der Waals surface area contributed by atoms with E-state index in [9.17, 15) is 4.79 Å². The molecule has 0 saturated heterocycles. The van der Waals surface area contributed by atoms with Crippen LogP contribution in [0.2, 0.25) is 0 Å². The molecule has 3 heteroatoms. The lowest BCUT2D eigenvalue weighted by Gasteiger charge is -2.06. The minimum Gasteiger partial charge on any atom is -0.462 e. The Kier molecular flexibility index (Phi) is 3.26. The summed E-state index contributed by atoms with van der Waals surface area (Å²) in [7, 11) is 0. The number of esters is 1. The van der Waals surface area contributed by atoms with Crippen molar-refractivity contribution >= 4 is 17.8 Å². The van der Waals surface area contributed by atoms with Crippen LogP contribution >= 0.6 is 0 Å². The molecule has 0 aliphatic carbocycles. The Bertz CT molecular complexity index is 776. The van der Waals surface area contributed by atoms with Gasteiger partial charge in [-0.25, -0.2) is 4.79 Å². The van der Waals surface area contributed by atoms with Gasteiger partial charge in [0.1, 0.15) is 17.3 Å². The molecule has 1 aliphatic rings. The largest absolute Gasteiger partial charge is 0.462 e. The van der Waals surface area contributed by atoms with Crippen LogP contribution < -0.4 is 0 Å². The molecule has 0 spiro atoms. The third-order valence-corrected chi connectivity index (χ3v) is 3.44. The maximum atomic E-state index is 12.0. The molecule has 0 N–H and O–H groups in total. The van der Waals surface area contributed by atoms with Gasteiger partial charge in [0.25, 0.3) is 0 Å². The van der Waals surface area contributed by atoms with Crippen LogP contribution in [0, 0.1) is 20.8 Å². The molecular weight excluding hydrogens is 264 g/mol. The number of cyclic esters (lactones) is 1. The molecule has 0 unspecified atom stereocenters. The first kappa shape index (κ1) is 13.4. The van der Waals surface area contributed by atoms with E-state index in [0.29, 0.717) is 17.1 Å². The predicted molar refractivity (Wildman–Crippen MR) is 81.4 cm³/mol.